The van der Waals surface area contributed by atoms with Crippen molar-refractivity contribution in [3.05, 3.63) is 115 Å². The number of rotatable bonds is 8. The third-order valence-electron chi connectivity index (χ3n) is 6.44. The van der Waals surface area contributed by atoms with Crippen molar-refractivity contribution < 1.29 is 0 Å². The van der Waals surface area contributed by atoms with E-state index in [0.717, 1.165) is 11.9 Å². The van der Waals surface area contributed by atoms with Gasteiger partial charge in [-0.1, -0.05) is 134 Å². The highest BCUT2D eigenvalue weighted by Gasteiger charge is 2.34. The maximum atomic E-state index is 5.10. The zero-order chi connectivity index (χ0) is 26.5. The first kappa shape index (κ1) is 27.5. The van der Waals surface area contributed by atoms with Gasteiger partial charge in [0.2, 0.25) is 0 Å². The summed E-state index contributed by atoms with van der Waals surface area (Å²) in [4.78, 5) is 5.10. The average molecular weight is 527 g/mol. The Morgan fingerprint density at radius 3 is 1.68 bits per heavy atom. The van der Waals surface area contributed by atoms with E-state index in [9.17, 15) is 0 Å². The lowest BCUT2D eigenvalue weighted by molar-refractivity contribution is 0.701. The van der Waals surface area contributed by atoms with Crippen LogP contribution in [0.25, 0.3) is 0 Å². The summed E-state index contributed by atoms with van der Waals surface area (Å²) in [6.07, 6.45) is 1.06. The van der Waals surface area contributed by atoms with Gasteiger partial charge in [-0.25, -0.2) is 0 Å². The molecule has 4 aromatic rings. The standard InChI is InChI=1S/C33H40N2P2/c1-32(2,3)36(33(4,5)6)25-27-17-15-16-26(35-27)24-34-30-22-13-14-23-31(30)37(28-18-9-7-10-19-28)29-20-11-8-12-21-29/h7-23,34H,24-25H2,1-6H3. The van der Waals surface area contributed by atoms with Gasteiger partial charge in [0.15, 0.2) is 0 Å². The van der Waals surface area contributed by atoms with E-state index >= 15 is 0 Å². The molecule has 0 fully saturated rings. The number of aromatic nitrogens is 1. The SMILES string of the molecule is CC(C)(C)P(Cc1cccc(CNc2ccccc2P(c2ccccc2)c2ccccc2)n1)C(C)(C)C. The van der Waals surface area contributed by atoms with Gasteiger partial charge >= 0.3 is 0 Å². The minimum absolute atomic E-state index is 0.230. The monoisotopic (exact) mass is 526 g/mol. The Morgan fingerprint density at radius 2 is 1.11 bits per heavy atom. The molecule has 0 saturated carbocycles. The van der Waals surface area contributed by atoms with Gasteiger partial charge in [-0.15, -0.1) is 0 Å². The molecular weight excluding hydrogens is 486 g/mol. The van der Waals surface area contributed by atoms with E-state index in [0.29, 0.717) is 6.54 Å². The van der Waals surface area contributed by atoms with Crippen LogP contribution in [0, 0.1) is 0 Å². The highest BCUT2D eigenvalue weighted by atomic mass is 31.1. The second-order valence-corrected chi connectivity index (χ2v) is 17.5. The Balaban J connectivity index is 1.59. The third-order valence-corrected chi connectivity index (χ3v) is 12.8. The zero-order valence-electron chi connectivity index (χ0n) is 23.1. The molecule has 0 atom stereocenters. The fraction of sp³-hybridized carbons (Fsp3) is 0.303. The third kappa shape index (κ3) is 7.28. The molecule has 192 valence electrons. The topological polar surface area (TPSA) is 24.9 Å². The summed E-state index contributed by atoms with van der Waals surface area (Å²) < 4.78 is 0. The first-order valence-corrected chi connectivity index (χ1v) is 16.0. The predicted molar refractivity (Wildman–Crippen MR) is 167 cm³/mol. The highest BCUT2D eigenvalue weighted by Crippen LogP contribution is 2.61. The molecular formula is C33H40N2P2. The molecule has 0 radical (unpaired) electrons. The number of pyridine rings is 1. The van der Waals surface area contributed by atoms with Gasteiger partial charge < -0.3 is 5.32 Å². The molecule has 4 heteroatoms. The average Bonchev–Trinajstić information content (AvgIpc) is 2.87. The molecule has 0 saturated heterocycles. The molecule has 4 rings (SSSR count). The van der Waals surface area contributed by atoms with Crippen molar-refractivity contribution in [1.29, 1.82) is 0 Å². The minimum atomic E-state index is -0.672. The summed E-state index contributed by atoms with van der Waals surface area (Å²) in [6, 6.07) is 37.0. The molecule has 0 unspecified atom stereocenters. The maximum absolute atomic E-state index is 5.10. The lowest BCUT2D eigenvalue weighted by Crippen LogP contribution is -2.26. The maximum Gasteiger partial charge on any atom is 0.0598 e. The summed E-state index contributed by atoms with van der Waals surface area (Å²) in [6.45, 7) is 15.0. The van der Waals surface area contributed by atoms with Crippen LogP contribution < -0.4 is 21.2 Å². The quantitative estimate of drug-likeness (QED) is 0.235. The molecule has 1 aromatic heterocycles. The molecule has 2 nitrogen and oxygen atoms in total. The number of nitrogens with zero attached hydrogens (tertiary/aromatic N) is 1. The van der Waals surface area contributed by atoms with Crippen molar-refractivity contribution in [2.45, 2.75) is 64.6 Å². The first-order chi connectivity index (χ1) is 17.6. The van der Waals surface area contributed by atoms with Crippen LogP contribution in [0.2, 0.25) is 0 Å². The van der Waals surface area contributed by atoms with E-state index < -0.39 is 7.92 Å². The smallest absolute Gasteiger partial charge is 0.0598 e. The second-order valence-electron chi connectivity index (χ2n) is 11.4. The number of hydrogen-bond acceptors (Lipinski definition) is 2. The molecule has 0 aliphatic rings. The van der Waals surface area contributed by atoms with Gasteiger partial charge in [0.25, 0.3) is 0 Å². The Bertz CT molecular complexity index is 1220. The van der Waals surface area contributed by atoms with Crippen LogP contribution in [0.5, 0.6) is 0 Å². The second kappa shape index (κ2) is 11.9. The summed E-state index contributed by atoms with van der Waals surface area (Å²) in [7, 11) is -0.902. The summed E-state index contributed by atoms with van der Waals surface area (Å²) in [5.74, 6) is 0. The van der Waals surface area contributed by atoms with Crippen molar-refractivity contribution >= 4 is 37.4 Å². The lowest BCUT2D eigenvalue weighted by Gasteiger charge is -2.41. The Morgan fingerprint density at radius 1 is 0.595 bits per heavy atom. The van der Waals surface area contributed by atoms with E-state index in [1.807, 2.05) is 0 Å². The Kier molecular flexibility index (Phi) is 8.84. The predicted octanol–water partition coefficient (Wildman–Crippen LogP) is 8.03. The Labute approximate surface area is 226 Å². The van der Waals surface area contributed by atoms with Crippen LogP contribution in [0.15, 0.2) is 103 Å². The van der Waals surface area contributed by atoms with Crippen LogP contribution in [0.1, 0.15) is 52.9 Å². The first-order valence-electron chi connectivity index (χ1n) is 13.1. The van der Waals surface area contributed by atoms with Gasteiger partial charge in [-0.05, 0) is 47.0 Å². The van der Waals surface area contributed by atoms with E-state index in [4.69, 9.17) is 4.98 Å². The summed E-state index contributed by atoms with van der Waals surface area (Å²) in [5.41, 5.74) is 3.48. The lowest BCUT2D eigenvalue weighted by atomic mass is 10.2. The van der Waals surface area contributed by atoms with Crippen LogP contribution in [0.3, 0.4) is 0 Å². The molecule has 0 bridgehead atoms. The molecule has 0 aliphatic heterocycles. The van der Waals surface area contributed by atoms with Crippen molar-refractivity contribution in [3.8, 4) is 0 Å². The number of para-hydroxylation sites is 1. The number of benzene rings is 3. The van der Waals surface area contributed by atoms with Crippen molar-refractivity contribution in [1.82, 2.24) is 4.98 Å². The van der Waals surface area contributed by atoms with Gasteiger partial charge in [-0.3, -0.25) is 4.98 Å². The molecule has 0 spiro atoms. The molecule has 0 amide bonds. The van der Waals surface area contributed by atoms with Crippen LogP contribution in [-0.4, -0.2) is 15.3 Å². The van der Waals surface area contributed by atoms with Crippen molar-refractivity contribution in [3.63, 3.8) is 0 Å². The van der Waals surface area contributed by atoms with Gasteiger partial charge in [0, 0.05) is 22.8 Å². The molecule has 0 aliphatic carbocycles. The zero-order valence-corrected chi connectivity index (χ0v) is 24.9. The van der Waals surface area contributed by atoms with Gasteiger partial charge in [0.05, 0.1) is 12.2 Å². The number of anilines is 1. The molecule has 37 heavy (non-hydrogen) atoms. The van der Waals surface area contributed by atoms with E-state index in [1.54, 1.807) is 0 Å². The number of hydrogen-bond donors (Lipinski definition) is 1. The number of nitrogens with one attached hydrogen (secondary N) is 1. The normalized spacial score (nSPS) is 12.2. The van der Waals surface area contributed by atoms with E-state index in [1.165, 1.54) is 27.3 Å². The van der Waals surface area contributed by atoms with Crippen LogP contribution in [-0.2, 0) is 12.7 Å². The summed E-state index contributed by atoms with van der Waals surface area (Å²) in [5, 5.41) is 8.38. The fourth-order valence-electron chi connectivity index (χ4n) is 4.94. The van der Waals surface area contributed by atoms with Crippen molar-refractivity contribution in [2.75, 3.05) is 5.32 Å². The van der Waals surface area contributed by atoms with E-state index in [2.05, 4.69) is 150 Å². The van der Waals surface area contributed by atoms with Gasteiger partial charge in [-0.2, -0.15) is 0 Å². The molecule has 1 heterocycles. The van der Waals surface area contributed by atoms with Crippen LogP contribution in [0.4, 0.5) is 5.69 Å². The largest absolute Gasteiger partial charge is 0.379 e. The highest BCUT2D eigenvalue weighted by molar-refractivity contribution is 7.80. The minimum Gasteiger partial charge on any atom is -0.379 e. The van der Waals surface area contributed by atoms with E-state index in [-0.39, 0.29) is 18.2 Å². The van der Waals surface area contributed by atoms with Gasteiger partial charge in [0.1, 0.15) is 0 Å². The molecule has 1 N–H and O–H groups in total. The molecule has 3 aromatic carbocycles. The fourth-order valence-corrected chi connectivity index (χ4v) is 10.8. The van der Waals surface area contributed by atoms with Crippen molar-refractivity contribution in [2.24, 2.45) is 0 Å². The Hall–Kier alpha value is -2.53. The van der Waals surface area contributed by atoms with Crippen LogP contribution >= 0.6 is 15.8 Å². The summed E-state index contributed by atoms with van der Waals surface area (Å²) >= 11 is 0.